The molecule has 3 aromatic heterocycles. The number of sulfone groups is 1. The van der Waals surface area contributed by atoms with Crippen LogP contribution in [0.15, 0.2) is 84.1 Å². The summed E-state index contributed by atoms with van der Waals surface area (Å²) in [5, 5.41) is 3.72. The number of amides is 1. The SMILES string of the molecule is Cc1ccc(C(=O)NCc2cc3nc(-c4cc5c(c(-c6ccncc6)c4)OCC5)ccc3cn2)cc1S(C)(=O)=O. The molecule has 0 radical (unpaired) electrons. The van der Waals surface area contributed by atoms with Crippen molar-refractivity contribution in [2.45, 2.75) is 24.8 Å². The van der Waals surface area contributed by atoms with Gasteiger partial charge in [-0.25, -0.2) is 13.4 Å². The van der Waals surface area contributed by atoms with Crippen LogP contribution >= 0.6 is 0 Å². The molecule has 0 fully saturated rings. The van der Waals surface area contributed by atoms with E-state index in [9.17, 15) is 13.2 Å². The zero-order valence-electron chi connectivity index (χ0n) is 22.0. The monoisotopic (exact) mass is 550 g/mol. The summed E-state index contributed by atoms with van der Waals surface area (Å²) in [5.74, 6) is 0.535. The standard InChI is InChI=1S/C31H26N4O4S/c1-19-3-4-22(15-29(19)40(2,37)38)31(36)34-18-25-16-28-23(17-33-25)5-6-27(35-28)24-13-21-9-12-39-30(21)26(14-24)20-7-10-32-11-8-20/h3-8,10-11,13-17H,9,12,18H2,1-2H3,(H,34,36). The van der Waals surface area contributed by atoms with Crippen LogP contribution in [0.2, 0.25) is 0 Å². The first-order valence-corrected chi connectivity index (χ1v) is 14.7. The Morgan fingerprint density at radius 1 is 1.00 bits per heavy atom. The maximum Gasteiger partial charge on any atom is 0.251 e. The summed E-state index contributed by atoms with van der Waals surface area (Å²) >= 11 is 0. The van der Waals surface area contributed by atoms with Gasteiger partial charge < -0.3 is 10.1 Å². The van der Waals surface area contributed by atoms with Gasteiger partial charge >= 0.3 is 0 Å². The number of ether oxygens (including phenoxy) is 1. The second-order valence-corrected chi connectivity index (χ2v) is 11.8. The lowest BCUT2D eigenvalue weighted by atomic mass is 9.97. The number of pyridine rings is 3. The van der Waals surface area contributed by atoms with Gasteiger partial charge in [0.2, 0.25) is 0 Å². The number of nitrogens with zero attached hydrogens (tertiary/aromatic N) is 3. The number of carbonyl (C=O) groups is 1. The lowest BCUT2D eigenvalue weighted by Gasteiger charge is -2.12. The first-order valence-electron chi connectivity index (χ1n) is 12.8. The van der Waals surface area contributed by atoms with Crippen molar-refractivity contribution in [1.82, 2.24) is 20.3 Å². The number of benzene rings is 2. The fourth-order valence-corrected chi connectivity index (χ4v) is 5.93. The Balaban J connectivity index is 1.27. The van der Waals surface area contributed by atoms with E-state index in [1.54, 1.807) is 37.6 Å². The fourth-order valence-electron chi connectivity index (χ4n) is 4.93. The van der Waals surface area contributed by atoms with E-state index in [1.165, 1.54) is 6.07 Å². The van der Waals surface area contributed by atoms with E-state index in [0.717, 1.165) is 57.3 Å². The number of aromatic nitrogens is 3. The van der Waals surface area contributed by atoms with Crippen LogP contribution in [-0.2, 0) is 22.8 Å². The largest absolute Gasteiger partial charge is 0.492 e. The molecule has 8 nitrogen and oxygen atoms in total. The smallest absolute Gasteiger partial charge is 0.251 e. The third-order valence-corrected chi connectivity index (χ3v) is 8.22. The molecule has 9 heteroatoms. The quantitative estimate of drug-likeness (QED) is 0.319. The number of fused-ring (bicyclic) bond motifs is 2. The van der Waals surface area contributed by atoms with Crippen molar-refractivity contribution in [3.63, 3.8) is 0 Å². The van der Waals surface area contributed by atoms with E-state index in [2.05, 4.69) is 27.4 Å². The molecular formula is C31H26N4O4S. The molecule has 0 atom stereocenters. The van der Waals surface area contributed by atoms with Gasteiger partial charge in [0, 0.05) is 53.3 Å². The highest BCUT2D eigenvalue weighted by atomic mass is 32.2. The molecule has 0 aliphatic carbocycles. The Hall–Kier alpha value is -4.63. The zero-order chi connectivity index (χ0) is 27.9. The van der Waals surface area contributed by atoms with Crippen LogP contribution in [0.3, 0.4) is 0 Å². The highest BCUT2D eigenvalue weighted by molar-refractivity contribution is 7.90. The maximum absolute atomic E-state index is 12.8. The van der Waals surface area contributed by atoms with Crippen molar-refractivity contribution < 1.29 is 17.9 Å². The van der Waals surface area contributed by atoms with E-state index in [1.807, 2.05) is 30.3 Å². The van der Waals surface area contributed by atoms with Crippen molar-refractivity contribution in [2.75, 3.05) is 12.9 Å². The number of hydrogen-bond donors (Lipinski definition) is 1. The molecule has 6 rings (SSSR count). The van der Waals surface area contributed by atoms with Crippen molar-refractivity contribution in [2.24, 2.45) is 0 Å². The van der Waals surface area contributed by atoms with Gasteiger partial charge in [-0.05, 0) is 78.2 Å². The first-order chi connectivity index (χ1) is 19.3. The predicted octanol–water partition coefficient (Wildman–Crippen LogP) is 4.94. The van der Waals surface area contributed by atoms with E-state index >= 15 is 0 Å². The Kier molecular flexibility index (Phi) is 6.51. The Bertz CT molecular complexity index is 1890. The molecule has 1 N–H and O–H groups in total. The van der Waals surface area contributed by atoms with Crippen LogP contribution in [0.25, 0.3) is 33.3 Å². The Morgan fingerprint density at radius 3 is 2.62 bits per heavy atom. The number of carbonyl (C=O) groups excluding carboxylic acids is 1. The molecule has 2 aromatic carbocycles. The summed E-state index contributed by atoms with van der Waals surface area (Å²) in [6, 6.07) is 18.7. The molecule has 0 saturated heterocycles. The van der Waals surface area contributed by atoms with E-state index in [4.69, 9.17) is 9.72 Å². The summed E-state index contributed by atoms with van der Waals surface area (Å²) in [6.45, 7) is 2.53. The van der Waals surface area contributed by atoms with Gasteiger partial charge in [0.25, 0.3) is 5.91 Å². The molecule has 200 valence electrons. The van der Waals surface area contributed by atoms with Crippen LogP contribution in [0.4, 0.5) is 0 Å². The van der Waals surface area contributed by atoms with Gasteiger partial charge in [-0.2, -0.15) is 0 Å². The maximum atomic E-state index is 12.8. The molecule has 4 heterocycles. The van der Waals surface area contributed by atoms with Crippen LogP contribution < -0.4 is 10.1 Å². The summed E-state index contributed by atoms with van der Waals surface area (Å²) in [6.07, 6.45) is 7.26. The number of aryl methyl sites for hydroxylation is 1. The van der Waals surface area contributed by atoms with Gasteiger partial charge in [-0.1, -0.05) is 6.07 Å². The summed E-state index contributed by atoms with van der Waals surface area (Å²) in [5.41, 5.74) is 7.29. The number of hydrogen-bond acceptors (Lipinski definition) is 7. The number of rotatable bonds is 6. The first kappa shape index (κ1) is 25.6. The zero-order valence-corrected chi connectivity index (χ0v) is 22.8. The van der Waals surface area contributed by atoms with Gasteiger partial charge in [0.15, 0.2) is 9.84 Å². The highest BCUT2D eigenvalue weighted by Crippen LogP contribution is 2.40. The van der Waals surface area contributed by atoms with Crippen LogP contribution in [0, 0.1) is 6.92 Å². The van der Waals surface area contributed by atoms with Crippen LogP contribution in [0.1, 0.15) is 27.2 Å². The van der Waals surface area contributed by atoms with Crippen molar-refractivity contribution >= 4 is 26.6 Å². The third kappa shape index (κ3) is 5.03. The second-order valence-electron chi connectivity index (χ2n) is 9.85. The predicted molar refractivity (Wildman–Crippen MR) is 153 cm³/mol. The molecule has 1 amide bonds. The van der Waals surface area contributed by atoms with Gasteiger partial charge in [0.05, 0.1) is 35.0 Å². The topological polar surface area (TPSA) is 111 Å². The minimum Gasteiger partial charge on any atom is -0.492 e. The van der Waals surface area contributed by atoms with E-state index in [0.29, 0.717) is 17.9 Å². The molecule has 1 aliphatic rings. The van der Waals surface area contributed by atoms with Crippen LogP contribution in [-0.4, -0.2) is 42.1 Å². The molecule has 0 spiro atoms. The highest BCUT2D eigenvalue weighted by Gasteiger charge is 2.20. The molecule has 0 bridgehead atoms. The molecule has 0 unspecified atom stereocenters. The molecular weight excluding hydrogens is 524 g/mol. The normalized spacial score (nSPS) is 12.7. The van der Waals surface area contributed by atoms with Gasteiger partial charge in [0.1, 0.15) is 5.75 Å². The van der Waals surface area contributed by atoms with Crippen LogP contribution in [0.5, 0.6) is 5.75 Å². The van der Waals surface area contributed by atoms with Crippen molar-refractivity contribution in [1.29, 1.82) is 0 Å². The lowest BCUT2D eigenvalue weighted by molar-refractivity contribution is 0.0950. The lowest BCUT2D eigenvalue weighted by Crippen LogP contribution is -2.23. The summed E-state index contributed by atoms with van der Waals surface area (Å²) in [4.78, 5) is 26.5. The van der Waals surface area contributed by atoms with Crippen molar-refractivity contribution in [3.05, 3.63) is 102 Å². The average molecular weight is 551 g/mol. The summed E-state index contributed by atoms with van der Waals surface area (Å²) < 4.78 is 30.1. The molecule has 0 saturated carbocycles. The van der Waals surface area contributed by atoms with Gasteiger partial charge in [-0.3, -0.25) is 14.8 Å². The van der Waals surface area contributed by atoms with E-state index < -0.39 is 9.84 Å². The minimum atomic E-state index is -3.44. The number of nitrogens with one attached hydrogen (secondary N) is 1. The fraction of sp³-hybridized carbons (Fsp3) is 0.161. The summed E-state index contributed by atoms with van der Waals surface area (Å²) in [7, 11) is -3.44. The molecule has 40 heavy (non-hydrogen) atoms. The Morgan fingerprint density at radius 2 is 1.82 bits per heavy atom. The minimum absolute atomic E-state index is 0.144. The Labute approximate surface area is 232 Å². The van der Waals surface area contributed by atoms with Crippen molar-refractivity contribution in [3.8, 4) is 28.1 Å². The average Bonchev–Trinajstić information content (AvgIpc) is 3.44. The second kappa shape index (κ2) is 10.2. The molecule has 1 aliphatic heterocycles. The molecule has 5 aromatic rings. The van der Waals surface area contributed by atoms with Gasteiger partial charge in [-0.15, -0.1) is 0 Å². The van der Waals surface area contributed by atoms with E-state index in [-0.39, 0.29) is 22.9 Å². The third-order valence-electron chi connectivity index (χ3n) is 6.98.